The summed E-state index contributed by atoms with van der Waals surface area (Å²) in [6.07, 6.45) is 46.0. The van der Waals surface area contributed by atoms with Crippen molar-refractivity contribution in [2.24, 2.45) is 0 Å². The van der Waals surface area contributed by atoms with Crippen LogP contribution in [-0.2, 0) is 17.1 Å². The molecule has 0 aliphatic heterocycles. The van der Waals surface area contributed by atoms with Gasteiger partial charge in [0.25, 0.3) is 0 Å². The molecular weight excluding hydrogens is 526 g/mol. The number of hydrogen-bond donors (Lipinski definition) is 0. The summed E-state index contributed by atoms with van der Waals surface area (Å²) in [6, 6.07) is 0. The molecule has 0 aromatic carbocycles. The van der Waals surface area contributed by atoms with Crippen molar-refractivity contribution in [2.75, 3.05) is 0 Å². The average Bonchev–Trinajstić information content (AvgIpc) is 3.68. The van der Waals surface area contributed by atoms with Crippen LogP contribution in [0.5, 0.6) is 0 Å². The van der Waals surface area contributed by atoms with E-state index in [-0.39, 0.29) is 32.9 Å². The second-order valence-corrected chi connectivity index (χ2v) is 17.7. The van der Waals surface area contributed by atoms with Crippen molar-refractivity contribution in [3.63, 3.8) is 0 Å². The van der Waals surface area contributed by atoms with Gasteiger partial charge < -0.3 is 0 Å². The van der Waals surface area contributed by atoms with E-state index in [1.54, 1.807) is 10.6 Å². The van der Waals surface area contributed by atoms with Crippen molar-refractivity contribution >= 4 is 15.8 Å². The molecule has 0 heterocycles. The average molecular weight is 578 g/mol. The van der Waals surface area contributed by atoms with Gasteiger partial charge in [0.05, 0.1) is 0 Å². The third-order valence-electron chi connectivity index (χ3n) is 9.68. The van der Waals surface area contributed by atoms with E-state index in [0.29, 0.717) is 0 Å². The summed E-state index contributed by atoms with van der Waals surface area (Å²) >= 11 is 0. The molecule has 0 atom stereocenters. The molecule has 6 rings (SSSR count). The van der Waals surface area contributed by atoms with Crippen molar-refractivity contribution in [2.45, 2.75) is 151 Å². The minimum atomic E-state index is 0. The van der Waals surface area contributed by atoms with Crippen LogP contribution in [0.1, 0.15) is 128 Å². The molecule has 205 valence electrons. The van der Waals surface area contributed by atoms with Gasteiger partial charge in [-0.1, -0.05) is 117 Å². The van der Waals surface area contributed by atoms with Gasteiger partial charge in [-0.3, -0.25) is 0 Å². The Bertz CT molecular complexity index is 788. The molecule has 4 fully saturated rings. The number of allylic oxidation sites excluding steroid dienone is 7. The summed E-state index contributed by atoms with van der Waals surface area (Å²) in [5.41, 5.74) is 7.72. The Morgan fingerprint density at radius 1 is 0.514 bits per heavy atom. The number of hydrogen-bond acceptors (Lipinski definition) is 0. The molecule has 1 radical (unpaired) electrons. The maximum Gasteiger partial charge on any atom is 0.0180 e. The summed E-state index contributed by atoms with van der Waals surface area (Å²) in [4.78, 5) is 0. The molecule has 4 saturated carbocycles. The summed E-state index contributed by atoms with van der Waals surface area (Å²) in [7, 11) is 0.234. The molecule has 37 heavy (non-hydrogen) atoms. The van der Waals surface area contributed by atoms with Gasteiger partial charge in [-0.2, -0.15) is 0 Å². The Labute approximate surface area is 242 Å². The van der Waals surface area contributed by atoms with E-state index in [1.165, 1.54) is 128 Å². The zero-order valence-corrected chi connectivity index (χ0v) is 26.1. The van der Waals surface area contributed by atoms with E-state index in [4.69, 9.17) is 0 Å². The van der Waals surface area contributed by atoms with Gasteiger partial charge in [0.15, 0.2) is 0 Å². The van der Waals surface area contributed by atoms with Crippen LogP contribution in [0.15, 0.2) is 52.8 Å². The third-order valence-corrected chi connectivity index (χ3v) is 16.6. The quantitative estimate of drug-likeness (QED) is 0.167. The predicted molar refractivity (Wildman–Crippen MR) is 164 cm³/mol. The van der Waals surface area contributed by atoms with Gasteiger partial charge in [-0.15, -0.1) is 5.73 Å². The van der Waals surface area contributed by atoms with Crippen LogP contribution in [0.4, 0.5) is 0 Å². The zero-order valence-electron chi connectivity index (χ0n) is 23.2. The summed E-state index contributed by atoms with van der Waals surface area (Å²) in [5, 5.41) is 3.33. The zero-order chi connectivity index (χ0) is 24.4. The van der Waals surface area contributed by atoms with Gasteiger partial charge in [0.1, 0.15) is 0 Å². The summed E-state index contributed by atoms with van der Waals surface area (Å²) in [6.45, 7) is 0. The Balaban J connectivity index is 0.000000168. The van der Waals surface area contributed by atoms with E-state index in [9.17, 15) is 0 Å². The van der Waals surface area contributed by atoms with Crippen molar-refractivity contribution in [1.29, 1.82) is 0 Å². The maximum absolute atomic E-state index is 3.56. The number of rotatable bonds is 6. The molecule has 0 saturated heterocycles. The minimum Gasteiger partial charge on any atom is -0.112 e. The molecule has 6 aliphatic carbocycles. The van der Waals surface area contributed by atoms with Gasteiger partial charge in [0, 0.05) is 28.8 Å². The fourth-order valence-electron chi connectivity index (χ4n) is 7.87. The molecular formula is C34H51FeP2. The molecule has 6 aliphatic rings. The first-order valence-corrected chi connectivity index (χ1v) is 18.8. The molecule has 3 heteroatoms. The normalized spacial score (nSPS) is 25.7. The van der Waals surface area contributed by atoms with Crippen LogP contribution in [0.25, 0.3) is 0 Å². The van der Waals surface area contributed by atoms with Gasteiger partial charge in [0.2, 0.25) is 0 Å². The van der Waals surface area contributed by atoms with E-state index in [0.717, 1.165) is 22.6 Å². The van der Waals surface area contributed by atoms with Crippen LogP contribution in [0, 0.1) is 6.42 Å². The van der Waals surface area contributed by atoms with Crippen molar-refractivity contribution in [1.82, 2.24) is 0 Å². The molecule has 0 spiro atoms. The van der Waals surface area contributed by atoms with E-state index in [1.807, 2.05) is 0 Å². The second kappa shape index (κ2) is 16.4. The van der Waals surface area contributed by atoms with Crippen LogP contribution < -0.4 is 0 Å². The molecule has 0 aromatic rings. The van der Waals surface area contributed by atoms with E-state index >= 15 is 0 Å². The van der Waals surface area contributed by atoms with E-state index < -0.39 is 0 Å². The molecule has 0 nitrogen and oxygen atoms in total. The Morgan fingerprint density at radius 2 is 0.946 bits per heavy atom. The first kappa shape index (κ1) is 30.1. The van der Waals surface area contributed by atoms with Crippen LogP contribution in [0.2, 0.25) is 0 Å². The smallest absolute Gasteiger partial charge is 0.0180 e. The monoisotopic (exact) mass is 577 g/mol. The first-order valence-electron chi connectivity index (χ1n) is 15.8. The van der Waals surface area contributed by atoms with Crippen LogP contribution in [0.3, 0.4) is 0 Å². The molecule has 0 unspecified atom stereocenters. The summed E-state index contributed by atoms with van der Waals surface area (Å²) < 4.78 is 0. The molecule has 0 amide bonds. The standard InChI is InChI=1S/C17H26P.C17H25P.Fe/c2*1-3-9-15(10-4-1)18(17-13-7-8-14-17)16-11-5-2-6-12-16;/h7-8,13-16H,1-6,9-12H2;7-8,13,15-16H,1-6,9-12H2;. The fraction of sp³-hybridized carbons (Fsp3) is 0.706. The maximum atomic E-state index is 3.56. The SMILES string of the molecule is C1=CC=CC=1P(C1CCCCC1)C1CCCCC1.[CH]1C=CC=C1P(C1CCCCC1)C1CCCCC1.[Fe]. The second-order valence-electron chi connectivity index (χ2n) is 12.2. The van der Waals surface area contributed by atoms with Crippen LogP contribution >= 0.6 is 15.8 Å². The Kier molecular flexibility index (Phi) is 13.3. The van der Waals surface area contributed by atoms with Crippen molar-refractivity contribution < 1.29 is 17.1 Å². The minimum absolute atomic E-state index is 0. The van der Waals surface area contributed by atoms with Gasteiger partial charge >= 0.3 is 0 Å². The van der Waals surface area contributed by atoms with Crippen molar-refractivity contribution in [3.05, 3.63) is 59.2 Å². The topological polar surface area (TPSA) is 0 Å². The van der Waals surface area contributed by atoms with E-state index in [2.05, 4.69) is 48.6 Å². The Morgan fingerprint density at radius 3 is 1.30 bits per heavy atom. The Hall–Kier alpha value is 0.119. The third kappa shape index (κ3) is 8.55. The first-order chi connectivity index (χ1) is 17.9. The predicted octanol–water partition coefficient (Wildman–Crippen LogP) is 11.5. The van der Waals surface area contributed by atoms with Crippen LogP contribution in [-0.4, -0.2) is 22.6 Å². The van der Waals surface area contributed by atoms with Gasteiger partial charge in [-0.05, 0) is 91.5 Å². The molecule has 0 bridgehead atoms. The summed E-state index contributed by atoms with van der Waals surface area (Å²) in [5.74, 6) is 0. The fourth-order valence-corrected chi connectivity index (χ4v) is 15.4. The molecule has 0 N–H and O–H groups in total. The van der Waals surface area contributed by atoms with Crippen molar-refractivity contribution in [3.8, 4) is 0 Å². The largest absolute Gasteiger partial charge is 0.112 e. The molecule has 0 aromatic heterocycles. The van der Waals surface area contributed by atoms with Gasteiger partial charge in [-0.25, -0.2) is 0 Å².